The second-order valence-electron chi connectivity index (χ2n) is 7.32. The Morgan fingerprint density at radius 2 is 1.96 bits per heavy atom. The zero-order valence-electron chi connectivity index (χ0n) is 15.2. The van der Waals surface area contributed by atoms with Gasteiger partial charge in [-0.15, -0.1) is 0 Å². The summed E-state index contributed by atoms with van der Waals surface area (Å²) in [6.07, 6.45) is -0.110. The second kappa shape index (κ2) is 6.36. The predicted octanol–water partition coefficient (Wildman–Crippen LogP) is 1.80. The zero-order valence-corrected chi connectivity index (χ0v) is 15.2. The molecule has 1 heterocycles. The van der Waals surface area contributed by atoms with Crippen LogP contribution in [-0.2, 0) is 23.9 Å². The highest BCUT2D eigenvalue weighted by molar-refractivity contribution is 6.09. The molecule has 138 valence electrons. The molecule has 6 nitrogen and oxygen atoms in total. The summed E-state index contributed by atoms with van der Waals surface area (Å²) < 4.78 is 11.0. The molecule has 5 atom stereocenters. The third kappa shape index (κ3) is 2.74. The standard InChI is InChI=1S/C20H22O6/c1-8(2)6-13(22)25-18-10(4)15-12(21)7-9(3)14(15)17(23)16-11(5)20(24)26-19(16)18/h6-7,14,16-19,23H,5H2,1-4H3/t14-,16-,17+,18+,19+/m1/s1. The number of esters is 2. The van der Waals surface area contributed by atoms with Crippen molar-refractivity contribution in [2.75, 3.05) is 0 Å². The van der Waals surface area contributed by atoms with Crippen LogP contribution in [-0.4, -0.2) is 41.1 Å². The van der Waals surface area contributed by atoms with Crippen molar-refractivity contribution in [1.29, 1.82) is 0 Å². The number of carbonyl (C=O) groups is 3. The van der Waals surface area contributed by atoms with E-state index < -0.39 is 42.1 Å². The van der Waals surface area contributed by atoms with Crippen molar-refractivity contribution in [2.45, 2.75) is 46.0 Å². The molecule has 0 amide bonds. The third-order valence-electron chi connectivity index (χ3n) is 5.20. The average molecular weight is 358 g/mol. The highest BCUT2D eigenvalue weighted by Gasteiger charge is 2.55. The Labute approximate surface area is 151 Å². The number of allylic oxidation sites excluding steroid dienone is 2. The lowest BCUT2D eigenvalue weighted by Crippen LogP contribution is -2.40. The lowest BCUT2D eigenvalue weighted by Gasteiger charge is -2.28. The molecule has 2 aliphatic carbocycles. The lowest BCUT2D eigenvalue weighted by atomic mass is 9.81. The number of hydrogen-bond acceptors (Lipinski definition) is 6. The maximum Gasteiger partial charge on any atom is 0.334 e. The smallest absolute Gasteiger partial charge is 0.334 e. The Balaban J connectivity index is 2.11. The SMILES string of the molecule is C=C1C(=O)O[C@H]2[C@H]1[C@@H](O)[C@@H]1C(C)=CC(=O)C1=C(C)[C@@H]2OC(=O)C=C(C)C. The monoisotopic (exact) mass is 358 g/mol. The zero-order chi connectivity index (χ0) is 19.3. The van der Waals surface area contributed by atoms with Gasteiger partial charge in [0.05, 0.1) is 12.0 Å². The summed E-state index contributed by atoms with van der Waals surface area (Å²) in [5, 5.41) is 10.9. The number of rotatable bonds is 2. The second-order valence-corrected chi connectivity index (χ2v) is 7.32. The largest absolute Gasteiger partial charge is 0.454 e. The Hall–Kier alpha value is -2.47. The fraction of sp³-hybridized carbons (Fsp3) is 0.450. The molecule has 1 N–H and O–H groups in total. The minimum absolute atomic E-state index is 0.131. The predicted molar refractivity (Wildman–Crippen MR) is 92.8 cm³/mol. The van der Waals surface area contributed by atoms with Gasteiger partial charge >= 0.3 is 11.9 Å². The van der Waals surface area contributed by atoms with Gasteiger partial charge in [-0.1, -0.05) is 17.7 Å². The number of ketones is 1. The topological polar surface area (TPSA) is 89.9 Å². The quantitative estimate of drug-likeness (QED) is 0.598. The maximum absolute atomic E-state index is 12.5. The first-order valence-corrected chi connectivity index (χ1v) is 8.50. The molecule has 0 aromatic carbocycles. The minimum atomic E-state index is -1.06. The molecule has 6 heteroatoms. The molecule has 0 bridgehead atoms. The number of fused-ring (bicyclic) bond motifs is 2. The van der Waals surface area contributed by atoms with Crippen molar-refractivity contribution >= 4 is 17.7 Å². The van der Waals surface area contributed by atoms with Gasteiger partial charge in [-0.2, -0.15) is 0 Å². The summed E-state index contributed by atoms with van der Waals surface area (Å²) in [6, 6.07) is 0. The molecular weight excluding hydrogens is 336 g/mol. The van der Waals surface area contributed by atoms with Crippen molar-refractivity contribution in [1.82, 2.24) is 0 Å². The molecule has 0 saturated carbocycles. The van der Waals surface area contributed by atoms with Crippen molar-refractivity contribution in [3.05, 3.63) is 46.6 Å². The fourth-order valence-corrected chi connectivity index (χ4v) is 4.05. The normalized spacial score (nSPS) is 33.2. The van der Waals surface area contributed by atoms with Crippen molar-refractivity contribution in [3.63, 3.8) is 0 Å². The van der Waals surface area contributed by atoms with Crippen LogP contribution >= 0.6 is 0 Å². The van der Waals surface area contributed by atoms with Crippen LogP contribution in [0.15, 0.2) is 46.6 Å². The Bertz CT molecular complexity index is 808. The van der Waals surface area contributed by atoms with Crippen LogP contribution in [0.5, 0.6) is 0 Å². The van der Waals surface area contributed by atoms with Gasteiger partial charge in [0, 0.05) is 23.1 Å². The molecule has 0 unspecified atom stereocenters. The van der Waals surface area contributed by atoms with E-state index in [0.29, 0.717) is 16.7 Å². The first-order chi connectivity index (χ1) is 12.1. The van der Waals surface area contributed by atoms with Gasteiger partial charge in [-0.05, 0) is 39.3 Å². The van der Waals surface area contributed by atoms with Crippen LogP contribution < -0.4 is 0 Å². The molecule has 0 radical (unpaired) electrons. The summed E-state index contributed by atoms with van der Waals surface area (Å²) in [5.74, 6) is -2.74. The van der Waals surface area contributed by atoms with Gasteiger partial charge in [0.15, 0.2) is 18.0 Å². The van der Waals surface area contributed by atoms with Crippen molar-refractivity contribution < 1.29 is 29.0 Å². The van der Waals surface area contributed by atoms with E-state index >= 15 is 0 Å². The Kier molecular flexibility index (Phi) is 4.48. The molecule has 0 spiro atoms. The molecule has 1 fully saturated rings. The van der Waals surface area contributed by atoms with Gasteiger partial charge < -0.3 is 14.6 Å². The first kappa shape index (κ1) is 18.3. The molecule has 3 rings (SSSR count). The van der Waals surface area contributed by atoms with Crippen LogP contribution in [0.4, 0.5) is 0 Å². The summed E-state index contributed by atoms with van der Waals surface area (Å²) in [6.45, 7) is 10.7. The highest BCUT2D eigenvalue weighted by atomic mass is 16.6. The van der Waals surface area contributed by atoms with Crippen molar-refractivity contribution in [3.8, 4) is 0 Å². The van der Waals surface area contributed by atoms with Gasteiger partial charge in [0.2, 0.25) is 0 Å². The van der Waals surface area contributed by atoms with Crippen molar-refractivity contribution in [2.24, 2.45) is 11.8 Å². The van der Waals surface area contributed by atoms with E-state index in [1.165, 1.54) is 12.2 Å². The molecule has 0 aromatic heterocycles. The molecule has 1 saturated heterocycles. The van der Waals surface area contributed by atoms with E-state index in [1.54, 1.807) is 27.7 Å². The third-order valence-corrected chi connectivity index (χ3v) is 5.20. The van der Waals surface area contributed by atoms with E-state index in [-0.39, 0.29) is 11.4 Å². The maximum atomic E-state index is 12.5. The average Bonchev–Trinajstić information content (AvgIpc) is 2.96. The fourth-order valence-electron chi connectivity index (χ4n) is 4.05. The van der Waals surface area contributed by atoms with E-state index in [2.05, 4.69) is 6.58 Å². The van der Waals surface area contributed by atoms with Crippen LogP contribution in [0.1, 0.15) is 27.7 Å². The van der Waals surface area contributed by atoms with Gasteiger partial charge in [-0.3, -0.25) is 4.79 Å². The molecule has 1 aliphatic heterocycles. The van der Waals surface area contributed by atoms with E-state index in [9.17, 15) is 19.5 Å². The van der Waals surface area contributed by atoms with Crippen LogP contribution in [0.3, 0.4) is 0 Å². The number of carbonyl (C=O) groups excluding carboxylic acids is 3. The van der Waals surface area contributed by atoms with Gasteiger partial charge in [0.1, 0.15) is 0 Å². The van der Waals surface area contributed by atoms with Crippen LogP contribution in [0, 0.1) is 11.8 Å². The molecule has 3 aliphatic rings. The lowest BCUT2D eigenvalue weighted by molar-refractivity contribution is -0.156. The molecule has 26 heavy (non-hydrogen) atoms. The number of aliphatic hydroxyl groups is 1. The highest BCUT2D eigenvalue weighted by Crippen LogP contribution is 2.47. The number of ether oxygens (including phenoxy) is 2. The molecule has 0 aromatic rings. The van der Waals surface area contributed by atoms with Crippen LogP contribution in [0.2, 0.25) is 0 Å². The minimum Gasteiger partial charge on any atom is -0.454 e. The molecular formula is C20H22O6. The van der Waals surface area contributed by atoms with E-state index in [4.69, 9.17) is 9.47 Å². The summed E-state index contributed by atoms with van der Waals surface area (Å²) in [4.78, 5) is 36.7. The van der Waals surface area contributed by atoms with E-state index in [1.807, 2.05) is 0 Å². The van der Waals surface area contributed by atoms with Crippen LogP contribution in [0.25, 0.3) is 0 Å². The Morgan fingerprint density at radius 1 is 1.31 bits per heavy atom. The number of hydrogen-bond donors (Lipinski definition) is 1. The van der Waals surface area contributed by atoms with Gasteiger partial charge in [-0.25, -0.2) is 9.59 Å². The summed E-state index contributed by atoms with van der Waals surface area (Å²) >= 11 is 0. The number of aliphatic hydroxyl groups excluding tert-OH is 1. The Morgan fingerprint density at radius 3 is 2.58 bits per heavy atom. The van der Waals surface area contributed by atoms with E-state index in [0.717, 1.165) is 5.57 Å². The van der Waals surface area contributed by atoms with Gasteiger partial charge in [0.25, 0.3) is 0 Å². The first-order valence-electron chi connectivity index (χ1n) is 8.50. The summed E-state index contributed by atoms with van der Waals surface area (Å²) in [5.41, 5.74) is 2.50. The summed E-state index contributed by atoms with van der Waals surface area (Å²) in [7, 11) is 0.